The van der Waals surface area contributed by atoms with E-state index in [4.69, 9.17) is 28.4 Å². The predicted octanol–water partition coefficient (Wildman–Crippen LogP) is 7.16. The molecule has 0 saturated carbocycles. The lowest BCUT2D eigenvalue weighted by atomic mass is 9.98. The summed E-state index contributed by atoms with van der Waals surface area (Å²) in [5.74, 6) is -0.982. The van der Waals surface area contributed by atoms with Crippen LogP contribution in [0.15, 0.2) is 24.3 Å². The van der Waals surface area contributed by atoms with Gasteiger partial charge >= 0.3 is 11.9 Å². The molecule has 66 heavy (non-hydrogen) atoms. The molecular formula is C51H92O15. The second-order valence-corrected chi connectivity index (χ2v) is 18.3. The maximum atomic E-state index is 13.0. The number of hydrogen-bond acceptors (Lipinski definition) is 15. The molecule has 0 radical (unpaired) electrons. The topological polar surface area (TPSA) is 231 Å². The number of rotatable bonds is 40. The number of ether oxygens (including phenoxy) is 6. The van der Waals surface area contributed by atoms with Gasteiger partial charge in [0.25, 0.3) is 0 Å². The van der Waals surface area contributed by atoms with Crippen molar-refractivity contribution >= 4 is 11.9 Å². The predicted molar refractivity (Wildman–Crippen MR) is 252 cm³/mol. The fourth-order valence-corrected chi connectivity index (χ4v) is 8.11. The number of esters is 2. The third-order valence-corrected chi connectivity index (χ3v) is 12.4. The van der Waals surface area contributed by atoms with E-state index in [0.29, 0.717) is 12.8 Å². The number of hydrogen-bond donors (Lipinski definition) is 7. The van der Waals surface area contributed by atoms with Crippen LogP contribution in [-0.4, -0.2) is 142 Å². The van der Waals surface area contributed by atoms with Crippen molar-refractivity contribution in [1.82, 2.24) is 0 Å². The van der Waals surface area contributed by atoms with E-state index in [2.05, 4.69) is 32.1 Å². The first-order chi connectivity index (χ1) is 32.0. The molecule has 386 valence electrons. The third-order valence-electron chi connectivity index (χ3n) is 12.4. The molecule has 0 amide bonds. The Labute approximate surface area is 396 Å². The fourth-order valence-electron chi connectivity index (χ4n) is 8.11. The van der Waals surface area contributed by atoms with Crippen molar-refractivity contribution in [3.8, 4) is 0 Å². The Hall–Kier alpha value is -2.02. The Kier molecular flexibility index (Phi) is 35.3. The molecule has 7 N–H and O–H groups in total. The quantitative estimate of drug-likeness (QED) is 0.0184. The van der Waals surface area contributed by atoms with E-state index in [9.17, 15) is 45.3 Å². The molecular weight excluding hydrogens is 853 g/mol. The van der Waals surface area contributed by atoms with Crippen molar-refractivity contribution in [2.45, 2.75) is 261 Å². The van der Waals surface area contributed by atoms with Gasteiger partial charge in [-0.05, 0) is 51.4 Å². The first-order valence-corrected chi connectivity index (χ1v) is 25.9. The second kappa shape index (κ2) is 38.8. The third kappa shape index (κ3) is 26.7. The summed E-state index contributed by atoms with van der Waals surface area (Å²) in [4.78, 5) is 25.7. The first-order valence-electron chi connectivity index (χ1n) is 25.9. The van der Waals surface area contributed by atoms with Gasteiger partial charge in [-0.2, -0.15) is 0 Å². The van der Waals surface area contributed by atoms with Gasteiger partial charge in [-0.15, -0.1) is 0 Å². The van der Waals surface area contributed by atoms with Crippen LogP contribution in [0.4, 0.5) is 0 Å². The van der Waals surface area contributed by atoms with Crippen LogP contribution in [0, 0.1) is 0 Å². The van der Waals surface area contributed by atoms with E-state index in [-0.39, 0.29) is 19.4 Å². The summed E-state index contributed by atoms with van der Waals surface area (Å²) in [6.07, 6.45) is 22.2. The maximum absolute atomic E-state index is 13.0. The molecule has 11 atom stereocenters. The number of allylic oxidation sites excluding steroid dienone is 4. The summed E-state index contributed by atoms with van der Waals surface area (Å²) in [5, 5.41) is 72.0. The Morgan fingerprint density at radius 2 is 0.894 bits per heavy atom. The minimum absolute atomic E-state index is 0.0832. The molecule has 2 aliphatic rings. The molecule has 2 saturated heterocycles. The zero-order valence-electron chi connectivity index (χ0n) is 40.7. The molecule has 0 aromatic heterocycles. The van der Waals surface area contributed by atoms with E-state index in [1.165, 1.54) is 116 Å². The fraction of sp³-hybridized carbons (Fsp3) is 0.882. The summed E-state index contributed by atoms with van der Waals surface area (Å²) >= 11 is 0. The van der Waals surface area contributed by atoms with Crippen LogP contribution in [-0.2, 0) is 38.0 Å². The number of carbonyl (C=O) groups excluding carboxylic acids is 2. The van der Waals surface area contributed by atoms with Crippen LogP contribution < -0.4 is 0 Å². The van der Waals surface area contributed by atoms with Gasteiger partial charge < -0.3 is 64.2 Å². The van der Waals surface area contributed by atoms with Crippen LogP contribution in [0.2, 0.25) is 0 Å². The highest BCUT2D eigenvalue weighted by Gasteiger charge is 2.47. The monoisotopic (exact) mass is 945 g/mol. The minimum Gasteiger partial charge on any atom is -0.462 e. The average Bonchev–Trinajstić information content (AvgIpc) is 3.31. The lowest BCUT2D eigenvalue weighted by molar-refractivity contribution is -0.332. The van der Waals surface area contributed by atoms with Gasteiger partial charge in [-0.25, -0.2) is 0 Å². The normalized spacial score (nSPS) is 26.3. The Balaban J connectivity index is 1.82. The molecule has 0 aromatic rings. The minimum atomic E-state index is -1.77. The number of unbranched alkanes of at least 4 members (excludes halogenated alkanes) is 22. The zero-order chi connectivity index (χ0) is 48.2. The van der Waals surface area contributed by atoms with E-state index in [1.54, 1.807) is 0 Å². The summed E-state index contributed by atoms with van der Waals surface area (Å²) in [6.45, 7) is 2.54. The van der Waals surface area contributed by atoms with Crippen molar-refractivity contribution in [3.05, 3.63) is 24.3 Å². The van der Waals surface area contributed by atoms with Crippen molar-refractivity contribution in [2.24, 2.45) is 0 Å². The van der Waals surface area contributed by atoms with E-state index in [1.807, 2.05) is 6.08 Å². The summed E-state index contributed by atoms with van der Waals surface area (Å²) in [5.41, 5.74) is 0. The molecule has 0 bridgehead atoms. The van der Waals surface area contributed by atoms with Crippen molar-refractivity contribution < 1.29 is 73.8 Å². The van der Waals surface area contributed by atoms with Gasteiger partial charge in [0.05, 0.1) is 19.8 Å². The average molecular weight is 945 g/mol. The van der Waals surface area contributed by atoms with Crippen molar-refractivity contribution in [1.29, 1.82) is 0 Å². The molecule has 15 nitrogen and oxygen atoms in total. The van der Waals surface area contributed by atoms with E-state index < -0.39 is 99.3 Å². The smallest absolute Gasteiger partial charge is 0.306 e. The van der Waals surface area contributed by atoms with Crippen LogP contribution in [0.3, 0.4) is 0 Å². The molecule has 2 fully saturated rings. The maximum Gasteiger partial charge on any atom is 0.306 e. The summed E-state index contributed by atoms with van der Waals surface area (Å²) < 4.78 is 33.5. The van der Waals surface area contributed by atoms with Gasteiger partial charge in [0, 0.05) is 12.8 Å². The molecule has 0 aliphatic carbocycles. The van der Waals surface area contributed by atoms with Gasteiger partial charge in [0.2, 0.25) is 0 Å². The highest BCUT2D eigenvalue weighted by atomic mass is 16.7. The second-order valence-electron chi connectivity index (χ2n) is 18.3. The summed E-state index contributed by atoms with van der Waals surface area (Å²) in [6, 6.07) is 0. The molecule has 0 aromatic carbocycles. The van der Waals surface area contributed by atoms with E-state index >= 15 is 0 Å². The van der Waals surface area contributed by atoms with Gasteiger partial charge in [0.15, 0.2) is 18.7 Å². The lowest BCUT2D eigenvalue weighted by Gasteiger charge is -2.42. The standard InChI is InChI=1S/C51H92O15/c1-3-5-7-9-11-13-15-17-19-21-23-25-27-29-31-33-42(53)61-36-39(64-43(54)34-32-30-28-26-24-22-20-18-16-14-12-10-8-6-4-2)37-62-50-49(60)47(58)45(56)41(66-50)38-63-51-48(59)46(57)44(55)40(35-52)65-51/h13,15,28,30,39-41,44-52,55-60H,3-12,14,16-27,29,31-38H2,1-2H3/b15-13+,30-28+/t39-,40-,41-,44+,45+,46?,47?,48?,49?,50-,51-/m1/s1. The van der Waals surface area contributed by atoms with Crippen LogP contribution in [0.25, 0.3) is 0 Å². The lowest BCUT2D eigenvalue weighted by Crippen LogP contribution is -2.61. The highest BCUT2D eigenvalue weighted by Crippen LogP contribution is 2.26. The van der Waals surface area contributed by atoms with E-state index in [0.717, 1.165) is 38.5 Å². The zero-order valence-corrected chi connectivity index (χ0v) is 40.7. The SMILES string of the molecule is CCCCCC/C=C/CCCCCCCCCC(=O)OC[C@H](CO[C@@H]1O[C@H](CO[C@@H]2O[C@H](CO)[C@H](O)C(O)C2O)[C@H](O)C(O)C1O)OC(=O)CC/C=C/CCCCCCCCCCCCC. The van der Waals surface area contributed by atoms with Crippen LogP contribution >= 0.6 is 0 Å². The molecule has 2 rings (SSSR count). The molecule has 15 heteroatoms. The molecule has 2 aliphatic heterocycles. The van der Waals surface area contributed by atoms with Crippen LogP contribution in [0.5, 0.6) is 0 Å². The highest BCUT2D eigenvalue weighted by molar-refractivity contribution is 5.70. The van der Waals surface area contributed by atoms with Gasteiger partial charge in [0.1, 0.15) is 55.4 Å². The number of aliphatic hydroxyl groups is 7. The Morgan fingerprint density at radius 1 is 0.470 bits per heavy atom. The van der Waals surface area contributed by atoms with Gasteiger partial charge in [-0.3, -0.25) is 9.59 Å². The molecule has 2 heterocycles. The molecule has 4 unspecified atom stereocenters. The first kappa shape index (κ1) is 60.1. The van der Waals surface area contributed by atoms with Gasteiger partial charge in [-0.1, -0.05) is 154 Å². The number of aliphatic hydroxyl groups excluding tert-OH is 7. The Bertz CT molecular complexity index is 1250. The summed E-state index contributed by atoms with van der Waals surface area (Å²) in [7, 11) is 0. The Morgan fingerprint density at radius 3 is 1.41 bits per heavy atom. The van der Waals surface area contributed by atoms with Crippen molar-refractivity contribution in [2.75, 3.05) is 26.4 Å². The largest absolute Gasteiger partial charge is 0.462 e. The molecule has 0 spiro atoms. The van der Waals surface area contributed by atoms with Crippen molar-refractivity contribution in [3.63, 3.8) is 0 Å². The number of carbonyl (C=O) groups is 2. The van der Waals surface area contributed by atoms with Crippen LogP contribution in [0.1, 0.15) is 194 Å².